The van der Waals surface area contributed by atoms with Gasteiger partial charge in [-0.3, -0.25) is 4.79 Å². The summed E-state index contributed by atoms with van der Waals surface area (Å²) in [6, 6.07) is 0. The van der Waals surface area contributed by atoms with E-state index >= 15 is 0 Å². The molecule has 0 rings (SSSR count). The van der Waals surface area contributed by atoms with Crippen molar-refractivity contribution in [3.63, 3.8) is 0 Å². The van der Waals surface area contributed by atoms with Gasteiger partial charge in [0.05, 0.1) is 0 Å². The van der Waals surface area contributed by atoms with Gasteiger partial charge in [-0.15, -0.1) is 0 Å². The molecule has 0 bridgehead atoms. The van der Waals surface area contributed by atoms with Crippen molar-refractivity contribution in [3.8, 4) is 0 Å². The Morgan fingerprint density at radius 2 is 1.85 bits per heavy atom. The van der Waals surface area contributed by atoms with Gasteiger partial charge in [0.15, 0.2) is 0 Å². The van der Waals surface area contributed by atoms with Crippen LogP contribution in [0.4, 0.5) is 0 Å². The quantitative estimate of drug-likeness (QED) is 0.633. The molecule has 0 aromatic heterocycles. The number of hydrogen-bond acceptors (Lipinski definition) is 1. The van der Waals surface area contributed by atoms with Crippen LogP contribution in [0.1, 0.15) is 53.4 Å². The Morgan fingerprint density at radius 3 is 2.31 bits per heavy atom. The van der Waals surface area contributed by atoms with Gasteiger partial charge in [0, 0.05) is 12.0 Å². The van der Waals surface area contributed by atoms with Crippen LogP contribution >= 0.6 is 0 Å². The number of nitrogens with one attached hydrogen (secondary N) is 1. The fourth-order valence-corrected chi connectivity index (χ4v) is 1.36. The van der Waals surface area contributed by atoms with E-state index in [9.17, 15) is 4.79 Å². The van der Waals surface area contributed by atoms with Crippen molar-refractivity contribution in [1.82, 2.24) is 5.32 Å². The van der Waals surface area contributed by atoms with Gasteiger partial charge in [0.1, 0.15) is 0 Å². The summed E-state index contributed by atoms with van der Waals surface area (Å²) in [6.45, 7) is 9.09. The van der Waals surface area contributed by atoms with Gasteiger partial charge < -0.3 is 5.32 Å². The van der Waals surface area contributed by atoms with E-state index in [2.05, 4.69) is 19.2 Å². The molecule has 2 heteroatoms. The first kappa shape index (κ1) is 12.5. The molecule has 1 N–H and O–H groups in total. The molecular weight excluding hydrogens is 162 g/mol. The highest BCUT2D eigenvalue weighted by Crippen LogP contribution is 2.21. The van der Waals surface area contributed by atoms with E-state index in [1.54, 1.807) is 0 Å². The predicted molar refractivity (Wildman–Crippen MR) is 56.6 cm³/mol. The molecule has 0 aliphatic carbocycles. The zero-order valence-corrected chi connectivity index (χ0v) is 9.44. The fourth-order valence-electron chi connectivity index (χ4n) is 1.36. The Morgan fingerprint density at radius 1 is 1.23 bits per heavy atom. The molecule has 0 aliphatic rings. The lowest BCUT2D eigenvalue weighted by Gasteiger charge is -2.22. The maximum absolute atomic E-state index is 11.6. The maximum Gasteiger partial charge on any atom is 0.225 e. The molecule has 0 aromatic carbocycles. The lowest BCUT2D eigenvalue weighted by atomic mass is 9.87. The van der Waals surface area contributed by atoms with Crippen LogP contribution in [-0.2, 0) is 4.79 Å². The Hall–Kier alpha value is -0.530. The van der Waals surface area contributed by atoms with Crippen molar-refractivity contribution < 1.29 is 4.79 Å². The zero-order valence-electron chi connectivity index (χ0n) is 9.44. The van der Waals surface area contributed by atoms with Crippen LogP contribution in [0.25, 0.3) is 0 Å². The summed E-state index contributed by atoms with van der Waals surface area (Å²) < 4.78 is 0. The number of hydrogen-bond donors (Lipinski definition) is 1. The molecule has 0 fully saturated rings. The molecule has 0 radical (unpaired) electrons. The summed E-state index contributed by atoms with van der Waals surface area (Å²) in [5, 5.41) is 2.97. The molecule has 0 saturated carbocycles. The van der Waals surface area contributed by atoms with Crippen LogP contribution in [0.5, 0.6) is 0 Å². The average molecular weight is 185 g/mol. The maximum atomic E-state index is 11.6. The van der Waals surface area contributed by atoms with E-state index < -0.39 is 0 Å². The summed E-state index contributed by atoms with van der Waals surface area (Å²) >= 11 is 0. The predicted octanol–water partition coefficient (Wildman–Crippen LogP) is 2.73. The summed E-state index contributed by atoms with van der Waals surface area (Å²) in [4.78, 5) is 11.6. The number of rotatable bonds is 6. The van der Waals surface area contributed by atoms with Gasteiger partial charge >= 0.3 is 0 Å². The van der Waals surface area contributed by atoms with Crippen LogP contribution < -0.4 is 5.32 Å². The fraction of sp³-hybridized carbons (Fsp3) is 0.909. The Bertz CT molecular complexity index is 152. The second-order valence-electron chi connectivity index (χ2n) is 4.24. The van der Waals surface area contributed by atoms with Crippen molar-refractivity contribution in [2.24, 2.45) is 5.41 Å². The van der Waals surface area contributed by atoms with Crippen LogP contribution in [0.3, 0.4) is 0 Å². The van der Waals surface area contributed by atoms with Crippen LogP contribution in [0.15, 0.2) is 0 Å². The SMILES string of the molecule is CCCCNC(=O)C(C)(C)CCC. The van der Waals surface area contributed by atoms with Gasteiger partial charge in [0.25, 0.3) is 0 Å². The highest BCUT2D eigenvalue weighted by molar-refractivity contribution is 5.81. The molecule has 0 unspecified atom stereocenters. The van der Waals surface area contributed by atoms with Crippen molar-refractivity contribution in [1.29, 1.82) is 0 Å². The van der Waals surface area contributed by atoms with E-state index in [4.69, 9.17) is 0 Å². The largest absolute Gasteiger partial charge is 0.356 e. The van der Waals surface area contributed by atoms with Gasteiger partial charge in [0.2, 0.25) is 5.91 Å². The van der Waals surface area contributed by atoms with E-state index in [-0.39, 0.29) is 11.3 Å². The normalized spacial score (nSPS) is 11.4. The molecule has 0 saturated heterocycles. The van der Waals surface area contributed by atoms with Gasteiger partial charge in [-0.25, -0.2) is 0 Å². The average Bonchev–Trinajstić information content (AvgIpc) is 2.04. The van der Waals surface area contributed by atoms with Crippen LogP contribution in [0, 0.1) is 5.41 Å². The highest BCUT2D eigenvalue weighted by atomic mass is 16.2. The van der Waals surface area contributed by atoms with E-state index in [0.717, 1.165) is 32.2 Å². The molecule has 0 heterocycles. The second kappa shape index (κ2) is 6.01. The first-order valence-electron chi connectivity index (χ1n) is 5.33. The number of amides is 1. The van der Waals surface area contributed by atoms with E-state index in [1.807, 2.05) is 13.8 Å². The molecule has 1 amide bonds. The number of carbonyl (C=O) groups excluding carboxylic acids is 1. The molecular formula is C11H23NO. The van der Waals surface area contributed by atoms with Crippen LogP contribution in [0.2, 0.25) is 0 Å². The van der Waals surface area contributed by atoms with E-state index in [0.29, 0.717) is 0 Å². The molecule has 0 atom stereocenters. The Labute approximate surface area is 82.1 Å². The second-order valence-corrected chi connectivity index (χ2v) is 4.24. The van der Waals surface area contributed by atoms with Gasteiger partial charge in [-0.1, -0.05) is 40.5 Å². The smallest absolute Gasteiger partial charge is 0.225 e. The zero-order chi connectivity index (χ0) is 10.3. The minimum Gasteiger partial charge on any atom is -0.356 e. The van der Waals surface area contributed by atoms with Crippen molar-refractivity contribution in [2.75, 3.05) is 6.54 Å². The summed E-state index contributed by atoms with van der Waals surface area (Å²) in [7, 11) is 0. The van der Waals surface area contributed by atoms with Crippen molar-refractivity contribution >= 4 is 5.91 Å². The molecule has 0 spiro atoms. The lowest BCUT2D eigenvalue weighted by molar-refractivity contribution is -0.129. The number of unbranched alkanes of at least 4 members (excludes halogenated alkanes) is 1. The molecule has 0 aliphatic heterocycles. The van der Waals surface area contributed by atoms with Crippen LogP contribution in [-0.4, -0.2) is 12.5 Å². The standard InChI is InChI=1S/C11H23NO/c1-5-7-9-12-10(13)11(3,4)8-6-2/h5-9H2,1-4H3,(H,12,13). The minimum atomic E-state index is -0.192. The third-order valence-electron chi connectivity index (χ3n) is 2.31. The monoisotopic (exact) mass is 185 g/mol. The topological polar surface area (TPSA) is 29.1 Å². The molecule has 0 aromatic rings. The molecule has 78 valence electrons. The first-order chi connectivity index (χ1) is 6.04. The highest BCUT2D eigenvalue weighted by Gasteiger charge is 2.25. The Kier molecular flexibility index (Phi) is 5.76. The summed E-state index contributed by atoms with van der Waals surface area (Å²) in [6.07, 6.45) is 4.24. The minimum absolute atomic E-state index is 0.192. The summed E-state index contributed by atoms with van der Waals surface area (Å²) in [5.74, 6) is 0.197. The van der Waals surface area contributed by atoms with Crippen molar-refractivity contribution in [3.05, 3.63) is 0 Å². The lowest BCUT2D eigenvalue weighted by Crippen LogP contribution is -2.37. The third kappa shape index (κ3) is 4.91. The number of carbonyl (C=O) groups is 1. The van der Waals surface area contributed by atoms with E-state index in [1.165, 1.54) is 0 Å². The summed E-state index contributed by atoms with van der Waals surface area (Å²) in [5.41, 5.74) is -0.192. The Balaban J connectivity index is 3.80. The van der Waals surface area contributed by atoms with Gasteiger partial charge in [-0.05, 0) is 12.8 Å². The van der Waals surface area contributed by atoms with Crippen molar-refractivity contribution in [2.45, 2.75) is 53.4 Å². The third-order valence-corrected chi connectivity index (χ3v) is 2.31. The van der Waals surface area contributed by atoms with Gasteiger partial charge in [-0.2, -0.15) is 0 Å². The first-order valence-corrected chi connectivity index (χ1v) is 5.33. The molecule has 2 nitrogen and oxygen atoms in total. The molecule has 13 heavy (non-hydrogen) atoms.